The van der Waals surface area contributed by atoms with Crippen LogP contribution in [0.5, 0.6) is 0 Å². The summed E-state index contributed by atoms with van der Waals surface area (Å²) in [4.78, 5) is 10.8. The highest BCUT2D eigenvalue weighted by molar-refractivity contribution is 7.33. The van der Waals surface area contributed by atoms with Gasteiger partial charge >= 0.3 is 0 Å². The minimum atomic E-state index is 1.07. The Bertz CT molecular complexity index is 2070. The Kier molecular flexibility index (Phi) is 8.91. The second-order valence-corrected chi connectivity index (χ2v) is 17.3. The Morgan fingerprint density at radius 1 is 0.489 bits per heavy atom. The molecule has 0 bridgehead atoms. The van der Waals surface area contributed by atoms with Crippen LogP contribution in [0.2, 0.25) is 0 Å². The molecule has 4 nitrogen and oxygen atoms in total. The summed E-state index contributed by atoms with van der Waals surface area (Å²) in [6.45, 7) is 4.59. The lowest BCUT2D eigenvalue weighted by Crippen LogP contribution is -1.84. The predicted molar refractivity (Wildman–Crippen MR) is 206 cm³/mol. The van der Waals surface area contributed by atoms with Gasteiger partial charge in [-0.15, -0.1) is 45.3 Å². The van der Waals surface area contributed by atoms with Crippen molar-refractivity contribution in [3.8, 4) is 0 Å². The molecule has 0 aliphatic carbocycles. The largest absolute Gasteiger partial charge is 0.294 e. The van der Waals surface area contributed by atoms with Crippen LogP contribution < -0.4 is 0 Å². The number of rotatable bonds is 16. The Balaban J connectivity index is 1.12. The van der Waals surface area contributed by atoms with E-state index in [1.807, 2.05) is 45.3 Å². The van der Waals surface area contributed by atoms with Gasteiger partial charge in [-0.1, -0.05) is 90.9 Å². The molecule has 2 N–H and O–H groups in total. The third-order valence-corrected chi connectivity index (χ3v) is 15.1. The van der Waals surface area contributed by atoms with Crippen molar-refractivity contribution < 1.29 is 0 Å². The van der Waals surface area contributed by atoms with Crippen LogP contribution >= 0.6 is 57.1 Å². The molecule has 0 aliphatic heterocycles. The normalized spacial score (nSPS) is 12.8. The number of hydrogen-bond acceptors (Lipinski definition) is 7. The van der Waals surface area contributed by atoms with Gasteiger partial charge in [0.2, 0.25) is 0 Å². The number of thiophene rings is 4. The molecule has 7 aromatic heterocycles. The van der Waals surface area contributed by atoms with Crippen molar-refractivity contribution in [2.24, 2.45) is 0 Å². The summed E-state index contributed by atoms with van der Waals surface area (Å²) in [6.07, 6.45) is 21.4. The zero-order chi connectivity index (χ0) is 30.3. The molecule has 0 amide bonds. The average molecular weight is 691 g/mol. The van der Waals surface area contributed by atoms with E-state index in [1.165, 1.54) is 175 Å². The van der Waals surface area contributed by atoms with Crippen molar-refractivity contribution >= 4 is 129 Å². The number of aryl methyl sites for hydroxylation is 2. The van der Waals surface area contributed by atoms with Crippen LogP contribution in [-0.2, 0) is 12.8 Å². The molecule has 45 heavy (non-hydrogen) atoms. The molecule has 0 radical (unpaired) electrons. The molecule has 0 saturated carbocycles. The van der Waals surface area contributed by atoms with Gasteiger partial charge in [0.05, 0.1) is 39.2 Å². The topological polar surface area (TPSA) is 57.4 Å². The van der Waals surface area contributed by atoms with Gasteiger partial charge in [0.25, 0.3) is 0 Å². The average Bonchev–Trinajstić information content (AvgIpc) is 3.88. The Morgan fingerprint density at radius 2 is 0.911 bits per heavy atom. The fourth-order valence-corrected chi connectivity index (χ4v) is 13.1. The van der Waals surface area contributed by atoms with Gasteiger partial charge in [-0.05, 0) is 47.6 Å². The zero-order valence-electron chi connectivity index (χ0n) is 26.4. The third-order valence-electron chi connectivity index (χ3n) is 9.66. The molecule has 0 unspecified atom stereocenters. The van der Waals surface area contributed by atoms with Gasteiger partial charge in [0.1, 0.15) is 22.1 Å². The van der Waals surface area contributed by atoms with Gasteiger partial charge in [0, 0.05) is 22.5 Å². The van der Waals surface area contributed by atoms with Crippen LogP contribution in [0.15, 0.2) is 10.8 Å². The SMILES string of the molecule is CCCCCCCCCc1csc2c1sc1c2nc2c3nc4c5scc(CCCCCCCCC)c5sc4c3c3[nH]s[nH]c3c21. The van der Waals surface area contributed by atoms with E-state index in [1.54, 1.807) is 11.7 Å². The number of nitrogens with zero attached hydrogens (tertiary/aromatic N) is 2. The molecule has 8 aromatic rings. The molecule has 9 heteroatoms. The smallest absolute Gasteiger partial charge is 0.101 e. The first-order chi connectivity index (χ1) is 22.3. The van der Waals surface area contributed by atoms with Gasteiger partial charge in [-0.25, -0.2) is 9.97 Å². The van der Waals surface area contributed by atoms with Crippen molar-refractivity contribution in [2.45, 2.75) is 117 Å². The van der Waals surface area contributed by atoms with Gasteiger partial charge in [-0.2, -0.15) is 0 Å². The highest BCUT2D eigenvalue weighted by atomic mass is 32.1. The first kappa shape index (κ1) is 30.3. The second kappa shape index (κ2) is 13.2. The van der Waals surface area contributed by atoms with E-state index >= 15 is 0 Å². The molecule has 0 aliphatic rings. The number of hydrogen-bond donors (Lipinski definition) is 2. The number of benzene rings is 1. The highest BCUT2D eigenvalue weighted by Gasteiger charge is 2.26. The standard InChI is InChI=1S/C36H42N4S5/c1-3-5-7-9-11-13-15-17-21-19-41-35-29-33(43-31(21)35)23-25(37-29)26-24(28-27(23)39-45-40-28)34-30(38-26)36-32(44-34)22(20-42-36)18-16-14-12-10-8-6-4-2/h19-20,39-40H,3-18H2,1-2H3. The molecule has 7 heterocycles. The first-order valence-electron chi connectivity index (χ1n) is 17.2. The summed E-state index contributed by atoms with van der Waals surface area (Å²) in [6, 6.07) is 0. The van der Waals surface area contributed by atoms with Gasteiger partial charge in [-0.3, -0.25) is 8.75 Å². The van der Waals surface area contributed by atoms with E-state index in [0.717, 1.165) is 11.0 Å². The zero-order valence-corrected chi connectivity index (χ0v) is 30.5. The summed E-state index contributed by atoms with van der Waals surface area (Å²) in [5, 5.41) is 7.32. The van der Waals surface area contributed by atoms with Crippen LogP contribution in [-0.4, -0.2) is 18.7 Å². The maximum atomic E-state index is 5.39. The van der Waals surface area contributed by atoms with Gasteiger partial charge in [0.15, 0.2) is 0 Å². The number of unbranched alkanes of at least 4 members (excludes halogenated alkanes) is 12. The number of nitrogens with one attached hydrogen (secondary N) is 2. The van der Waals surface area contributed by atoms with Crippen molar-refractivity contribution in [3.05, 3.63) is 21.9 Å². The predicted octanol–water partition coefficient (Wildman–Crippen LogP) is 14.1. The molecule has 0 fully saturated rings. The molecular weight excluding hydrogens is 649 g/mol. The van der Waals surface area contributed by atoms with E-state index in [2.05, 4.69) is 33.4 Å². The van der Waals surface area contributed by atoms with E-state index in [-0.39, 0.29) is 0 Å². The van der Waals surface area contributed by atoms with Crippen molar-refractivity contribution in [3.63, 3.8) is 0 Å². The molecular formula is C36H42N4S5. The fourth-order valence-electron chi connectivity index (χ4n) is 7.19. The molecule has 236 valence electrons. The van der Waals surface area contributed by atoms with E-state index < -0.39 is 0 Å². The molecule has 8 rings (SSSR count). The number of aromatic nitrogens is 4. The molecule has 0 atom stereocenters. The van der Waals surface area contributed by atoms with E-state index in [9.17, 15) is 0 Å². The van der Waals surface area contributed by atoms with E-state index in [4.69, 9.17) is 9.97 Å². The Morgan fingerprint density at radius 3 is 1.36 bits per heavy atom. The maximum absolute atomic E-state index is 5.39. The second-order valence-electron chi connectivity index (χ2n) is 12.9. The molecule has 0 saturated heterocycles. The summed E-state index contributed by atoms with van der Waals surface area (Å²) in [5.74, 6) is 0. The summed E-state index contributed by atoms with van der Waals surface area (Å²) >= 11 is 9.28. The lowest BCUT2D eigenvalue weighted by molar-refractivity contribution is 0.590. The molecule has 0 spiro atoms. The van der Waals surface area contributed by atoms with Crippen LogP contribution in [0.4, 0.5) is 0 Å². The lowest BCUT2D eigenvalue weighted by Gasteiger charge is -2.01. The minimum absolute atomic E-state index is 1.07. The Hall–Kier alpha value is -2.04. The first-order valence-corrected chi connectivity index (χ1v) is 21.4. The highest BCUT2D eigenvalue weighted by Crippen LogP contribution is 2.50. The minimum Gasteiger partial charge on any atom is -0.294 e. The van der Waals surface area contributed by atoms with Crippen LogP contribution in [0.3, 0.4) is 0 Å². The summed E-state index contributed by atoms with van der Waals surface area (Å²) in [7, 11) is 0. The summed E-state index contributed by atoms with van der Waals surface area (Å²) in [5.41, 5.74) is 9.94. The fraction of sp³-hybridized carbons (Fsp3) is 0.500. The van der Waals surface area contributed by atoms with Crippen molar-refractivity contribution in [1.29, 1.82) is 0 Å². The number of fused-ring (bicyclic) bond motifs is 14. The van der Waals surface area contributed by atoms with Crippen LogP contribution in [0.1, 0.15) is 115 Å². The van der Waals surface area contributed by atoms with Crippen molar-refractivity contribution in [1.82, 2.24) is 18.7 Å². The van der Waals surface area contributed by atoms with E-state index in [0.29, 0.717) is 0 Å². The lowest BCUT2D eigenvalue weighted by atomic mass is 10.1. The third kappa shape index (κ3) is 5.35. The quantitative estimate of drug-likeness (QED) is 0.0992. The number of aromatic amines is 2. The molecule has 1 aromatic carbocycles. The monoisotopic (exact) mass is 690 g/mol. The number of H-pyrrole nitrogens is 2. The van der Waals surface area contributed by atoms with Crippen molar-refractivity contribution in [2.75, 3.05) is 0 Å². The van der Waals surface area contributed by atoms with Crippen LogP contribution in [0.25, 0.3) is 72.1 Å². The summed E-state index contributed by atoms with van der Waals surface area (Å²) < 4.78 is 15.6. The Labute approximate surface area is 284 Å². The van der Waals surface area contributed by atoms with Gasteiger partial charge < -0.3 is 0 Å². The maximum Gasteiger partial charge on any atom is 0.101 e. The van der Waals surface area contributed by atoms with Crippen LogP contribution in [0, 0.1) is 0 Å².